The van der Waals surface area contributed by atoms with Gasteiger partial charge in [-0.15, -0.1) is 5.10 Å². The Morgan fingerprint density at radius 2 is 2.36 bits per heavy atom. The number of carbonyl (C=O) groups is 1. The number of rotatable bonds is 9. The van der Waals surface area contributed by atoms with Gasteiger partial charge in [-0.3, -0.25) is 4.79 Å². The largest absolute Gasteiger partial charge is 0.488 e. The molecule has 1 aliphatic heterocycles. The quantitative estimate of drug-likeness (QED) is 0.450. The fourth-order valence-corrected chi connectivity index (χ4v) is 4.51. The molecule has 1 amide bonds. The third-order valence-corrected chi connectivity index (χ3v) is 6.25. The van der Waals surface area contributed by atoms with E-state index in [4.69, 9.17) is 4.74 Å². The number of hydrogen-bond acceptors (Lipinski definition) is 6. The van der Waals surface area contributed by atoms with Crippen molar-refractivity contribution in [2.24, 2.45) is 5.92 Å². The van der Waals surface area contributed by atoms with Crippen molar-refractivity contribution in [1.82, 2.24) is 25.6 Å². The molecule has 9 heteroatoms. The predicted molar refractivity (Wildman–Crippen MR) is 119 cm³/mol. The van der Waals surface area contributed by atoms with Crippen LogP contribution < -0.4 is 10.6 Å². The third-order valence-electron chi connectivity index (χ3n) is 6.25. The molecule has 8 nitrogen and oxygen atoms in total. The molecule has 1 aromatic heterocycles. The van der Waals surface area contributed by atoms with Crippen LogP contribution in [0.3, 0.4) is 0 Å². The van der Waals surface area contributed by atoms with Crippen molar-refractivity contribution in [2.45, 2.75) is 57.3 Å². The molecule has 2 aliphatic rings. The molecule has 4 rings (SSSR count). The summed E-state index contributed by atoms with van der Waals surface area (Å²) in [6, 6.07) is 6.05. The van der Waals surface area contributed by atoms with E-state index in [2.05, 4.69) is 33.6 Å². The molecular weight excluding hydrogens is 423 g/mol. The Bertz CT molecular complexity index is 1100. The second-order valence-electron chi connectivity index (χ2n) is 8.42. The minimum Gasteiger partial charge on any atom is -0.488 e. The average molecular weight is 451 g/mol. The van der Waals surface area contributed by atoms with Gasteiger partial charge in [0, 0.05) is 12.5 Å². The predicted octanol–water partition coefficient (Wildman–Crippen LogP) is 2.70. The number of piperidine rings is 1. The second kappa shape index (κ2) is 9.96. The Labute approximate surface area is 192 Å². The molecular formula is C24H27FN6O2. The lowest BCUT2D eigenvalue weighted by atomic mass is 9.98. The van der Waals surface area contributed by atoms with Crippen LogP contribution in [0.5, 0.6) is 0 Å². The number of amides is 1. The van der Waals surface area contributed by atoms with Crippen LogP contribution in [0, 0.1) is 23.1 Å². The molecule has 0 radical (unpaired) electrons. The molecule has 4 atom stereocenters. The number of halogens is 1. The van der Waals surface area contributed by atoms with E-state index in [-0.39, 0.29) is 25.0 Å². The van der Waals surface area contributed by atoms with Crippen LogP contribution in [0.15, 0.2) is 48.9 Å². The normalized spacial score (nSPS) is 22.6. The molecule has 0 unspecified atom stereocenters. The van der Waals surface area contributed by atoms with Gasteiger partial charge in [0.25, 0.3) is 0 Å². The summed E-state index contributed by atoms with van der Waals surface area (Å²) in [4.78, 5) is 12.6. The fourth-order valence-electron chi connectivity index (χ4n) is 4.51. The van der Waals surface area contributed by atoms with E-state index in [1.165, 1.54) is 10.7 Å². The van der Waals surface area contributed by atoms with Crippen molar-refractivity contribution in [3.05, 3.63) is 66.0 Å². The van der Waals surface area contributed by atoms with Gasteiger partial charge in [0.1, 0.15) is 29.9 Å². The number of carbonyl (C=O) groups excluding carboxylic acids is 1. The number of allylic oxidation sites excluding steroid dienone is 2. The minimum absolute atomic E-state index is 0.0826. The van der Waals surface area contributed by atoms with Gasteiger partial charge < -0.3 is 15.4 Å². The number of fused-ring (bicyclic) bond motifs is 2. The van der Waals surface area contributed by atoms with Gasteiger partial charge >= 0.3 is 0 Å². The van der Waals surface area contributed by atoms with Gasteiger partial charge in [-0.1, -0.05) is 17.9 Å². The van der Waals surface area contributed by atoms with Crippen LogP contribution in [0.2, 0.25) is 0 Å². The number of benzene rings is 1. The highest BCUT2D eigenvalue weighted by Gasteiger charge is 2.43. The zero-order chi connectivity index (χ0) is 23.4. The number of nitriles is 1. The Hall–Kier alpha value is -3.51. The smallest absolute Gasteiger partial charge is 0.238 e. The van der Waals surface area contributed by atoms with E-state index < -0.39 is 11.9 Å². The molecule has 1 saturated heterocycles. The van der Waals surface area contributed by atoms with Gasteiger partial charge in [-0.05, 0) is 62.0 Å². The summed E-state index contributed by atoms with van der Waals surface area (Å²) in [6.45, 7) is 5.72. The number of aromatic nitrogens is 3. The lowest BCUT2D eigenvalue weighted by Crippen LogP contribution is -2.50. The first kappa shape index (κ1) is 22.7. The number of nitrogens with one attached hydrogen (secondary N) is 2. The zero-order valence-corrected chi connectivity index (χ0v) is 18.5. The lowest BCUT2D eigenvalue weighted by Gasteiger charge is -2.23. The van der Waals surface area contributed by atoms with Crippen LogP contribution in [0.1, 0.15) is 37.4 Å². The fraction of sp³-hybridized carbons (Fsp3) is 0.417. The van der Waals surface area contributed by atoms with Crippen molar-refractivity contribution in [2.75, 3.05) is 0 Å². The van der Waals surface area contributed by atoms with E-state index in [9.17, 15) is 14.4 Å². The molecule has 1 saturated carbocycles. The minimum atomic E-state index is -0.806. The van der Waals surface area contributed by atoms with Crippen molar-refractivity contribution in [1.29, 1.82) is 5.26 Å². The summed E-state index contributed by atoms with van der Waals surface area (Å²) >= 11 is 0. The monoisotopic (exact) mass is 450 g/mol. The van der Waals surface area contributed by atoms with E-state index in [1.807, 2.05) is 6.92 Å². The van der Waals surface area contributed by atoms with Crippen LogP contribution in [0.25, 0.3) is 5.69 Å². The summed E-state index contributed by atoms with van der Waals surface area (Å²) in [7, 11) is 0. The highest BCUT2D eigenvalue weighted by atomic mass is 19.1. The second-order valence-corrected chi connectivity index (χ2v) is 8.42. The molecule has 33 heavy (non-hydrogen) atoms. The van der Waals surface area contributed by atoms with Gasteiger partial charge in [0.2, 0.25) is 5.91 Å². The summed E-state index contributed by atoms with van der Waals surface area (Å²) in [5.74, 6) is 0.303. The molecule has 1 aromatic carbocycles. The Balaban J connectivity index is 1.37. The van der Waals surface area contributed by atoms with Crippen LogP contribution in [0.4, 0.5) is 4.39 Å². The van der Waals surface area contributed by atoms with E-state index in [0.717, 1.165) is 19.3 Å². The first-order valence-corrected chi connectivity index (χ1v) is 11.1. The summed E-state index contributed by atoms with van der Waals surface area (Å²) < 4.78 is 21.8. The molecule has 2 bridgehead atoms. The van der Waals surface area contributed by atoms with Crippen molar-refractivity contribution >= 4 is 5.91 Å². The van der Waals surface area contributed by atoms with E-state index in [0.29, 0.717) is 34.7 Å². The zero-order valence-electron chi connectivity index (χ0n) is 18.5. The molecule has 0 spiro atoms. The highest BCUT2D eigenvalue weighted by Crippen LogP contribution is 2.35. The van der Waals surface area contributed by atoms with Gasteiger partial charge in [-0.2, -0.15) is 5.26 Å². The maximum atomic E-state index is 14.8. The first-order valence-electron chi connectivity index (χ1n) is 11.1. The molecule has 2 fully saturated rings. The Morgan fingerprint density at radius 1 is 1.52 bits per heavy atom. The number of hydrogen-bond donors (Lipinski definition) is 2. The van der Waals surface area contributed by atoms with Crippen LogP contribution in [-0.4, -0.2) is 39.0 Å². The SMILES string of the molecule is C=C/C(=C\C)OCc1cn(-c2ccc(C[C@@H](C#N)NC(=O)[C@H]3N[C@@H]4CC[C@H]3C4)c(F)c2)nn1. The van der Waals surface area contributed by atoms with Gasteiger partial charge in [-0.25, -0.2) is 9.07 Å². The van der Waals surface area contributed by atoms with Crippen molar-refractivity contribution in [3.8, 4) is 11.8 Å². The third kappa shape index (κ3) is 5.12. The standard InChI is InChI=1S/C24H27FN6O2/c1-3-21(4-2)33-14-19-13-31(30-29-19)20-8-6-15(22(25)11-20)9-18(12-26)28-24(32)23-16-5-7-17(10-16)27-23/h3-4,6,8,11,13,16-18,23,27H,1,5,7,9-10,14H2,2H3,(H,28,32)/b21-4+/t16-,17+,18-,23-/m0/s1. The lowest BCUT2D eigenvalue weighted by molar-refractivity contribution is -0.124. The molecule has 2 N–H and O–H groups in total. The maximum absolute atomic E-state index is 14.8. The van der Waals surface area contributed by atoms with E-state index in [1.54, 1.807) is 30.5 Å². The Morgan fingerprint density at radius 3 is 3.00 bits per heavy atom. The molecule has 2 heterocycles. The highest BCUT2D eigenvalue weighted by molar-refractivity contribution is 5.83. The average Bonchev–Trinajstić information content (AvgIpc) is 3.58. The summed E-state index contributed by atoms with van der Waals surface area (Å²) in [5, 5.41) is 23.7. The molecule has 2 aromatic rings. The van der Waals surface area contributed by atoms with Gasteiger partial charge in [0.05, 0.1) is 24.0 Å². The summed E-state index contributed by atoms with van der Waals surface area (Å²) in [5.41, 5.74) is 1.43. The molecule has 172 valence electrons. The van der Waals surface area contributed by atoms with E-state index >= 15 is 0 Å². The maximum Gasteiger partial charge on any atom is 0.238 e. The molecule has 1 aliphatic carbocycles. The first-order chi connectivity index (χ1) is 16.0. The number of ether oxygens (including phenoxy) is 1. The Kier molecular flexibility index (Phi) is 6.84. The van der Waals surface area contributed by atoms with Crippen molar-refractivity contribution < 1.29 is 13.9 Å². The topological polar surface area (TPSA) is 105 Å². The summed E-state index contributed by atoms with van der Waals surface area (Å²) in [6.07, 6.45) is 8.26. The van der Waals surface area contributed by atoms with Crippen LogP contribution >= 0.6 is 0 Å². The van der Waals surface area contributed by atoms with Gasteiger partial charge in [0.15, 0.2) is 0 Å². The van der Waals surface area contributed by atoms with Crippen LogP contribution in [-0.2, 0) is 22.6 Å². The van der Waals surface area contributed by atoms with Crippen molar-refractivity contribution in [3.63, 3.8) is 0 Å². The number of nitrogens with zero attached hydrogens (tertiary/aromatic N) is 4.